The lowest BCUT2D eigenvalue weighted by Crippen LogP contribution is -2.56. The van der Waals surface area contributed by atoms with Crippen LogP contribution in [0, 0.1) is 0 Å². The lowest BCUT2D eigenvalue weighted by Gasteiger charge is -2.33. The van der Waals surface area contributed by atoms with E-state index in [0.717, 1.165) is 0 Å². The second kappa shape index (κ2) is 10.3. The first-order valence-corrected chi connectivity index (χ1v) is 6.71. The second-order valence-electron chi connectivity index (χ2n) is 4.60. The normalized spacial score (nSPS) is 17.9. The van der Waals surface area contributed by atoms with Gasteiger partial charge in [0.1, 0.15) is 6.67 Å². The van der Waals surface area contributed by atoms with Gasteiger partial charge in [-0.25, -0.2) is 4.39 Å². The fourth-order valence-electron chi connectivity index (χ4n) is 2.17. The highest BCUT2D eigenvalue weighted by Gasteiger charge is 2.30. The summed E-state index contributed by atoms with van der Waals surface area (Å²) >= 11 is 0. The number of carbonyl (C=O) groups excluding carboxylic acids is 2. The highest BCUT2D eigenvalue weighted by atomic mass is 35.5. The van der Waals surface area contributed by atoms with Crippen LogP contribution in [0.1, 0.15) is 6.42 Å². The summed E-state index contributed by atoms with van der Waals surface area (Å²) in [5.74, 6) is -0.350. The molecule has 1 N–H and O–H groups in total. The molecule has 1 aliphatic heterocycles. The van der Waals surface area contributed by atoms with Crippen molar-refractivity contribution in [2.24, 2.45) is 0 Å². The molecule has 2 amide bonds. The number of halogens is 2. The fraction of sp³-hybridized carbons (Fsp3) is 0.571. The standard InChI is InChI=1S/C14H22FN3O2.ClH/c1-3-7-17(8-4-2)13(19)11-12-14(20)18(9-5-15)10-6-16-12;/h3-4,12,16H,1-2,5-11H2;1H. The van der Waals surface area contributed by atoms with E-state index in [9.17, 15) is 14.0 Å². The molecular formula is C14H23ClFN3O2. The Balaban J connectivity index is 0.00000400. The van der Waals surface area contributed by atoms with Crippen LogP contribution in [0.25, 0.3) is 0 Å². The number of hydrogen-bond acceptors (Lipinski definition) is 3. The zero-order valence-electron chi connectivity index (χ0n) is 12.1. The van der Waals surface area contributed by atoms with Crippen LogP contribution in [0.4, 0.5) is 4.39 Å². The van der Waals surface area contributed by atoms with Gasteiger partial charge in [-0.15, -0.1) is 25.6 Å². The molecule has 1 saturated heterocycles. The monoisotopic (exact) mass is 319 g/mol. The van der Waals surface area contributed by atoms with Crippen LogP contribution in [0.15, 0.2) is 25.3 Å². The Morgan fingerprint density at radius 1 is 1.43 bits per heavy atom. The molecule has 0 spiro atoms. The van der Waals surface area contributed by atoms with Crippen molar-refractivity contribution >= 4 is 24.2 Å². The highest BCUT2D eigenvalue weighted by molar-refractivity contribution is 5.89. The van der Waals surface area contributed by atoms with Crippen LogP contribution in [0.5, 0.6) is 0 Å². The van der Waals surface area contributed by atoms with E-state index < -0.39 is 12.7 Å². The molecule has 1 heterocycles. The summed E-state index contributed by atoms with van der Waals surface area (Å²) in [5, 5.41) is 3.01. The molecule has 0 bridgehead atoms. The number of piperazine rings is 1. The van der Waals surface area contributed by atoms with Gasteiger partial charge in [-0.3, -0.25) is 9.59 Å². The van der Waals surface area contributed by atoms with E-state index in [1.54, 1.807) is 17.1 Å². The minimum absolute atomic E-state index is 0. The van der Waals surface area contributed by atoms with Gasteiger partial charge in [0.05, 0.1) is 12.5 Å². The summed E-state index contributed by atoms with van der Waals surface area (Å²) in [7, 11) is 0. The molecule has 0 aromatic heterocycles. The van der Waals surface area contributed by atoms with Crippen molar-refractivity contribution in [2.45, 2.75) is 12.5 Å². The summed E-state index contributed by atoms with van der Waals surface area (Å²) in [6.45, 7) is 8.62. The van der Waals surface area contributed by atoms with Crippen molar-refractivity contribution in [2.75, 3.05) is 39.4 Å². The van der Waals surface area contributed by atoms with E-state index in [1.807, 2.05) is 0 Å². The molecule has 1 rings (SSSR count). The quantitative estimate of drug-likeness (QED) is 0.672. The van der Waals surface area contributed by atoms with E-state index >= 15 is 0 Å². The van der Waals surface area contributed by atoms with Crippen LogP contribution < -0.4 is 5.32 Å². The summed E-state index contributed by atoms with van der Waals surface area (Å²) in [6.07, 6.45) is 3.34. The third kappa shape index (κ3) is 5.85. The molecule has 1 atom stereocenters. The van der Waals surface area contributed by atoms with Gasteiger partial charge in [-0.2, -0.15) is 0 Å². The number of rotatable bonds is 8. The molecule has 120 valence electrons. The third-order valence-electron chi connectivity index (χ3n) is 3.17. The summed E-state index contributed by atoms with van der Waals surface area (Å²) in [4.78, 5) is 27.3. The Kier molecular flexibility index (Phi) is 9.65. The molecule has 21 heavy (non-hydrogen) atoms. The molecule has 0 saturated carbocycles. The topological polar surface area (TPSA) is 52.7 Å². The first-order chi connectivity index (χ1) is 9.63. The maximum atomic E-state index is 12.4. The van der Waals surface area contributed by atoms with Gasteiger partial charge < -0.3 is 15.1 Å². The molecule has 1 fully saturated rings. The van der Waals surface area contributed by atoms with Crippen molar-refractivity contribution in [3.05, 3.63) is 25.3 Å². The number of nitrogens with one attached hydrogen (secondary N) is 1. The molecule has 7 heteroatoms. The van der Waals surface area contributed by atoms with Gasteiger partial charge >= 0.3 is 0 Å². The van der Waals surface area contributed by atoms with Crippen molar-refractivity contribution in [3.8, 4) is 0 Å². The van der Waals surface area contributed by atoms with Crippen LogP contribution in [-0.2, 0) is 9.59 Å². The molecule has 0 aromatic carbocycles. The molecule has 0 radical (unpaired) electrons. The Bertz CT molecular complexity index is 367. The Hall–Kier alpha value is -1.40. The van der Waals surface area contributed by atoms with E-state index in [0.29, 0.717) is 26.2 Å². The predicted octanol–water partition coefficient (Wildman–Crippen LogP) is 0.769. The Morgan fingerprint density at radius 2 is 2.05 bits per heavy atom. The average Bonchev–Trinajstić information content (AvgIpc) is 2.43. The smallest absolute Gasteiger partial charge is 0.240 e. The molecule has 0 aromatic rings. The van der Waals surface area contributed by atoms with Gasteiger partial charge in [-0.1, -0.05) is 12.2 Å². The number of hydrogen-bond donors (Lipinski definition) is 1. The number of carbonyl (C=O) groups is 2. The molecular weight excluding hydrogens is 297 g/mol. The molecule has 0 aliphatic carbocycles. The lowest BCUT2D eigenvalue weighted by atomic mass is 10.1. The Morgan fingerprint density at radius 3 is 2.57 bits per heavy atom. The first kappa shape index (κ1) is 19.6. The highest BCUT2D eigenvalue weighted by Crippen LogP contribution is 2.07. The summed E-state index contributed by atoms with van der Waals surface area (Å²) in [5.41, 5.74) is 0. The molecule has 5 nitrogen and oxygen atoms in total. The van der Waals surface area contributed by atoms with E-state index in [1.165, 1.54) is 4.90 Å². The van der Waals surface area contributed by atoms with Crippen molar-refractivity contribution in [1.29, 1.82) is 0 Å². The number of alkyl halides is 1. The van der Waals surface area contributed by atoms with Crippen LogP contribution in [0.2, 0.25) is 0 Å². The van der Waals surface area contributed by atoms with E-state index in [4.69, 9.17) is 0 Å². The maximum absolute atomic E-state index is 12.4. The van der Waals surface area contributed by atoms with Crippen LogP contribution >= 0.6 is 12.4 Å². The first-order valence-electron chi connectivity index (χ1n) is 6.71. The SMILES string of the molecule is C=CCN(CC=C)C(=O)CC1NCCN(CCF)C1=O.Cl. The second-order valence-corrected chi connectivity index (χ2v) is 4.60. The van der Waals surface area contributed by atoms with Gasteiger partial charge in [0.15, 0.2) is 0 Å². The minimum atomic E-state index is -0.570. The maximum Gasteiger partial charge on any atom is 0.240 e. The van der Waals surface area contributed by atoms with Gasteiger partial charge in [-0.05, 0) is 0 Å². The molecule has 1 unspecified atom stereocenters. The van der Waals surface area contributed by atoms with Gasteiger partial charge in [0.25, 0.3) is 0 Å². The van der Waals surface area contributed by atoms with Gasteiger partial charge in [0, 0.05) is 32.7 Å². The lowest BCUT2D eigenvalue weighted by molar-refractivity contribution is -0.140. The van der Waals surface area contributed by atoms with Crippen LogP contribution in [-0.4, -0.2) is 67.1 Å². The number of nitrogens with zero attached hydrogens (tertiary/aromatic N) is 2. The summed E-state index contributed by atoms with van der Waals surface area (Å²) in [6, 6.07) is -0.570. The molecule has 1 aliphatic rings. The number of amides is 2. The zero-order valence-corrected chi connectivity index (χ0v) is 12.9. The third-order valence-corrected chi connectivity index (χ3v) is 3.17. The predicted molar refractivity (Wildman–Crippen MR) is 83.2 cm³/mol. The van der Waals surface area contributed by atoms with Crippen molar-refractivity contribution in [3.63, 3.8) is 0 Å². The van der Waals surface area contributed by atoms with E-state index in [-0.39, 0.29) is 37.2 Å². The van der Waals surface area contributed by atoms with E-state index in [2.05, 4.69) is 18.5 Å². The van der Waals surface area contributed by atoms with Crippen LogP contribution in [0.3, 0.4) is 0 Å². The largest absolute Gasteiger partial charge is 0.337 e. The van der Waals surface area contributed by atoms with Gasteiger partial charge in [0.2, 0.25) is 11.8 Å². The Labute approximate surface area is 131 Å². The van der Waals surface area contributed by atoms with Crippen molar-refractivity contribution < 1.29 is 14.0 Å². The van der Waals surface area contributed by atoms with Crippen molar-refractivity contribution in [1.82, 2.24) is 15.1 Å². The zero-order chi connectivity index (χ0) is 15.0. The summed E-state index contributed by atoms with van der Waals surface area (Å²) < 4.78 is 12.4. The average molecular weight is 320 g/mol. The fourth-order valence-corrected chi connectivity index (χ4v) is 2.17. The minimum Gasteiger partial charge on any atom is -0.337 e.